The number of nitrogens with two attached hydrogens (primary N) is 1. The third kappa shape index (κ3) is 4.94. The number of ether oxygens (including phenoxy) is 1. The quantitative estimate of drug-likeness (QED) is 0.847. The number of methoxy groups -OCH3 is 1. The number of aliphatic hydroxyl groups excluding tert-OH is 1. The molecule has 5 heteroatoms. The Morgan fingerprint density at radius 2 is 2.24 bits per heavy atom. The fourth-order valence-electron chi connectivity index (χ4n) is 1.57. The van der Waals surface area contributed by atoms with Crippen molar-refractivity contribution in [3.05, 3.63) is 33.3 Å². The van der Waals surface area contributed by atoms with Crippen LogP contribution in [0.2, 0.25) is 5.02 Å². The molecule has 0 aromatic heterocycles. The Kier molecular flexibility index (Phi) is 6.44. The van der Waals surface area contributed by atoms with Crippen LogP contribution in [0.3, 0.4) is 0 Å². The van der Waals surface area contributed by atoms with Gasteiger partial charge in [-0.15, -0.1) is 0 Å². The lowest BCUT2D eigenvalue weighted by Crippen LogP contribution is -2.24. The van der Waals surface area contributed by atoms with Gasteiger partial charge in [-0.3, -0.25) is 0 Å². The number of aliphatic hydroxyl groups is 1. The largest absolute Gasteiger partial charge is 0.388 e. The molecule has 3 nitrogen and oxygen atoms in total. The van der Waals surface area contributed by atoms with Crippen molar-refractivity contribution in [3.8, 4) is 0 Å². The van der Waals surface area contributed by atoms with Gasteiger partial charge in [-0.25, -0.2) is 0 Å². The maximum Gasteiger partial charge on any atom is 0.0819 e. The predicted octanol–water partition coefficient (Wildman–Crippen LogP) is 2.89. The molecule has 0 aliphatic rings. The minimum atomic E-state index is -0.637. The molecule has 0 saturated carbocycles. The van der Waals surface area contributed by atoms with Crippen molar-refractivity contribution in [2.75, 3.05) is 13.7 Å². The molecule has 3 N–H and O–H groups in total. The Hall–Kier alpha value is -0.130. The van der Waals surface area contributed by atoms with Crippen molar-refractivity contribution in [1.29, 1.82) is 0 Å². The summed E-state index contributed by atoms with van der Waals surface area (Å²) in [6.45, 7) is 0.599. The third-order valence-electron chi connectivity index (χ3n) is 2.54. The number of halogens is 2. The van der Waals surface area contributed by atoms with Crippen LogP contribution < -0.4 is 5.73 Å². The van der Waals surface area contributed by atoms with Gasteiger partial charge in [0.15, 0.2) is 0 Å². The number of hydrogen-bond donors (Lipinski definition) is 2. The fraction of sp³-hybridized carbons (Fsp3) is 0.500. The lowest BCUT2D eigenvalue weighted by atomic mass is 10.0. The summed E-state index contributed by atoms with van der Waals surface area (Å²) in [5.41, 5.74) is 6.60. The van der Waals surface area contributed by atoms with Gasteiger partial charge in [0.25, 0.3) is 0 Å². The van der Waals surface area contributed by atoms with Gasteiger partial charge < -0.3 is 15.6 Å². The Bertz CT molecular complexity index is 362. The van der Waals surface area contributed by atoms with E-state index in [0.29, 0.717) is 23.6 Å². The van der Waals surface area contributed by atoms with Gasteiger partial charge in [0.2, 0.25) is 0 Å². The topological polar surface area (TPSA) is 55.5 Å². The second-order valence-corrected chi connectivity index (χ2v) is 5.28. The first-order valence-corrected chi connectivity index (χ1v) is 6.59. The fourth-order valence-corrected chi connectivity index (χ4v) is 2.37. The van der Waals surface area contributed by atoms with Crippen LogP contribution in [0.4, 0.5) is 0 Å². The van der Waals surface area contributed by atoms with Crippen LogP contribution in [0, 0.1) is 0 Å². The van der Waals surface area contributed by atoms with Crippen molar-refractivity contribution in [2.45, 2.75) is 25.0 Å². The number of rotatable bonds is 6. The van der Waals surface area contributed by atoms with Gasteiger partial charge in [-0.05, 0) is 30.5 Å². The van der Waals surface area contributed by atoms with Gasteiger partial charge in [0, 0.05) is 29.3 Å². The second kappa shape index (κ2) is 7.34. The van der Waals surface area contributed by atoms with E-state index in [1.54, 1.807) is 19.2 Å². The molecule has 2 atom stereocenters. The molecule has 0 fully saturated rings. The lowest BCUT2D eigenvalue weighted by Gasteiger charge is -2.17. The minimum Gasteiger partial charge on any atom is -0.388 e. The number of benzene rings is 1. The highest BCUT2D eigenvalue weighted by Gasteiger charge is 2.15. The van der Waals surface area contributed by atoms with Gasteiger partial charge >= 0.3 is 0 Å². The lowest BCUT2D eigenvalue weighted by molar-refractivity contribution is 0.141. The summed E-state index contributed by atoms with van der Waals surface area (Å²) in [5.74, 6) is 0. The van der Waals surface area contributed by atoms with Crippen LogP contribution in [-0.4, -0.2) is 24.9 Å². The van der Waals surface area contributed by atoms with Crippen molar-refractivity contribution >= 4 is 27.5 Å². The first kappa shape index (κ1) is 14.9. The van der Waals surface area contributed by atoms with Gasteiger partial charge in [0.05, 0.1) is 6.10 Å². The van der Waals surface area contributed by atoms with Crippen LogP contribution in [0.15, 0.2) is 22.7 Å². The molecule has 0 amide bonds. The Morgan fingerprint density at radius 3 is 2.82 bits per heavy atom. The van der Waals surface area contributed by atoms with Crippen LogP contribution in [0.25, 0.3) is 0 Å². The summed E-state index contributed by atoms with van der Waals surface area (Å²) in [5, 5.41) is 10.6. The molecule has 1 aromatic carbocycles. The molecule has 0 spiro atoms. The van der Waals surface area contributed by atoms with E-state index in [-0.39, 0.29) is 6.04 Å². The summed E-state index contributed by atoms with van der Waals surface area (Å²) >= 11 is 9.38. The van der Waals surface area contributed by atoms with E-state index >= 15 is 0 Å². The zero-order valence-electron chi connectivity index (χ0n) is 9.70. The van der Waals surface area contributed by atoms with Gasteiger partial charge in [-0.1, -0.05) is 33.6 Å². The van der Waals surface area contributed by atoms with Crippen molar-refractivity contribution in [1.82, 2.24) is 0 Å². The summed E-state index contributed by atoms with van der Waals surface area (Å²) in [7, 11) is 1.63. The zero-order chi connectivity index (χ0) is 12.8. The van der Waals surface area contributed by atoms with Crippen LogP contribution in [0.5, 0.6) is 0 Å². The van der Waals surface area contributed by atoms with E-state index in [0.717, 1.165) is 10.9 Å². The van der Waals surface area contributed by atoms with E-state index in [9.17, 15) is 5.11 Å². The normalized spacial score (nSPS) is 14.6. The molecule has 2 unspecified atom stereocenters. The highest BCUT2D eigenvalue weighted by atomic mass is 79.9. The molecule has 0 radical (unpaired) electrons. The van der Waals surface area contributed by atoms with Crippen LogP contribution >= 0.6 is 27.5 Å². The summed E-state index contributed by atoms with van der Waals surface area (Å²) in [4.78, 5) is 0. The van der Waals surface area contributed by atoms with Crippen molar-refractivity contribution in [2.24, 2.45) is 5.73 Å². The average Bonchev–Trinajstić information content (AvgIpc) is 2.26. The van der Waals surface area contributed by atoms with E-state index in [4.69, 9.17) is 22.1 Å². The van der Waals surface area contributed by atoms with E-state index in [2.05, 4.69) is 15.9 Å². The minimum absolute atomic E-state index is 0.0929. The molecule has 0 heterocycles. The Labute approximate surface area is 115 Å². The Balaban J connectivity index is 2.60. The summed E-state index contributed by atoms with van der Waals surface area (Å²) in [6, 6.07) is 5.33. The number of hydrogen-bond acceptors (Lipinski definition) is 3. The maximum atomic E-state index is 10.0. The molecular weight excluding hydrogens is 305 g/mol. The molecule has 17 heavy (non-hydrogen) atoms. The zero-order valence-corrected chi connectivity index (χ0v) is 12.0. The first-order chi connectivity index (χ1) is 8.04. The van der Waals surface area contributed by atoms with E-state index < -0.39 is 6.10 Å². The van der Waals surface area contributed by atoms with Gasteiger partial charge in [0.1, 0.15) is 0 Å². The summed E-state index contributed by atoms with van der Waals surface area (Å²) in [6.07, 6.45) is 0.564. The molecule has 1 rings (SSSR count). The van der Waals surface area contributed by atoms with Crippen LogP contribution in [-0.2, 0) is 4.74 Å². The van der Waals surface area contributed by atoms with E-state index in [1.807, 2.05) is 6.07 Å². The van der Waals surface area contributed by atoms with E-state index in [1.165, 1.54) is 0 Å². The molecule has 1 aromatic rings. The molecule has 0 bridgehead atoms. The monoisotopic (exact) mass is 321 g/mol. The standard InChI is InChI=1S/C12H17BrClNO2/c1-17-5-4-9(15)7-12(16)10-3-2-8(13)6-11(10)14/h2-3,6,9,12,16H,4-5,7,15H2,1H3. The van der Waals surface area contributed by atoms with Crippen molar-refractivity contribution in [3.63, 3.8) is 0 Å². The molecule has 0 saturated heterocycles. The maximum absolute atomic E-state index is 10.0. The smallest absolute Gasteiger partial charge is 0.0819 e. The highest BCUT2D eigenvalue weighted by molar-refractivity contribution is 9.10. The summed E-state index contributed by atoms with van der Waals surface area (Å²) < 4.78 is 5.84. The second-order valence-electron chi connectivity index (χ2n) is 3.96. The van der Waals surface area contributed by atoms with Crippen LogP contribution in [0.1, 0.15) is 24.5 Å². The Morgan fingerprint density at radius 1 is 1.53 bits per heavy atom. The van der Waals surface area contributed by atoms with Gasteiger partial charge in [-0.2, -0.15) is 0 Å². The van der Waals surface area contributed by atoms with Crippen molar-refractivity contribution < 1.29 is 9.84 Å². The molecule has 0 aliphatic heterocycles. The average molecular weight is 323 g/mol. The SMILES string of the molecule is COCCC(N)CC(O)c1ccc(Br)cc1Cl. The highest BCUT2D eigenvalue weighted by Crippen LogP contribution is 2.28. The molecule has 0 aliphatic carbocycles. The molecular formula is C12H17BrClNO2. The third-order valence-corrected chi connectivity index (χ3v) is 3.36. The predicted molar refractivity (Wildman–Crippen MR) is 73.2 cm³/mol. The molecule has 96 valence electrons. The first-order valence-electron chi connectivity index (χ1n) is 5.42.